The molecule has 0 amide bonds. The first-order chi connectivity index (χ1) is 11.9. The summed E-state index contributed by atoms with van der Waals surface area (Å²) in [5.41, 5.74) is 0.185. The summed E-state index contributed by atoms with van der Waals surface area (Å²) in [6, 6.07) is 2.97. The van der Waals surface area contributed by atoms with Gasteiger partial charge in [0, 0.05) is 23.5 Å². The number of nitrogens with zero attached hydrogens (tertiary/aromatic N) is 3. The summed E-state index contributed by atoms with van der Waals surface area (Å²) in [6.45, 7) is 5.02. The normalized spacial score (nSPS) is 10.7. The minimum Gasteiger partial charge on any atom is -0.420 e. The lowest BCUT2D eigenvalue weighted by atomic mass is 10.1. The maximum Gasteiger partial charge on any atom is 0.338 e. The van der Waals surface area contributed by atoms with E-state index in [4.69, 9.17) is 27.9 Å². The van der Waals surface area contributed by atoms with Crippen LogP contribution in [0.1, 0.15) is 6.92 Å². The van der Waals surface area contributed by atoms with E-state index in [9.17, 15) is 9.59 Å². The molecule has 0 radical (unpaired) electrons. The van der Waals surface area contributed by atoms with Gasteiger partial charge in [0.25, 0.3) is 5.56 Å². The average molecular weight is 377 g/mol. The summed E-state index contributed by atoms with van der Waals surface area (Å²) in [6.07, 6.45) is 2.81. The van der Waals surface area contributed by atoms with Gasteiger partial charge in [-0.15, -0.1) is 0 Å². The molecular weight excluding hydrogens is 367 g/mol. The number of hydrogen-bond acceptors (Lipinski definition) is 6. The Labute approximate surface area is 151 Å². The van der Waals surface area contributed by atoms with Gasteiger partial charge >= 0.3 is 5.97 Å². The van der Waals surface area contributed by atoms with Gasteiger partial charge in [-0.05, 0) is 19.1 Å². The van der Waals surface area contributed by atoms with E-state index in [1.165, 1.54) is 31.5 Å². The van der Waals surface area contributed by atoms with E-state index in [-0.39, 0.29) is 43.9 Å². The van der Waals surface area contributed by atoms with Crippen molar-refractivity contribution in [3.8, 4) is 16.9 Å². The first-order valence-electron chi connectivity index (χ1n) is 6.95. The SMILES string of the molecule is C=C(C)C(=O)Oc1c(-c2ccc(Cl)nc2Cl)c(=O)[nH]c2nccnc12. The topological polar surface area (TPSA) is 97.8 Å². The Hall–Kier alpha value is -2.77. The van der Waals surface area contributed by atoms with Crippen LogP contribution in [0.2, 0.25) is 10.3 Å². The molecule has 7 nitrogen and oxygen atoms in total. The van der Waals surface area contributed by atoms with Gasteiger partial charge in [-0.25, -0.2) is 19.7 Å². The van der Waals surface area contributed by atoms with Crippen LogP contribution in [0, 0.1) is 0 Å². The Kier molecular flexibility index (Phi) is 4.52. The van der Waals surface area contributed by atoms with E-state index >= 15 is 0 Å². The lowest BCUT2D eigenvalue weighted by molar-refractivity contribution is -0.129. The van der Waals surface area contributed by atoms with Crippen LogP contribution in [0.4, 0.5) is 0 Å². The molecule has 3 heterocycles. The van der Waals surface area contributed by atoms with Crippen LogP contribution in [0.15, 0.2) is 41.5 Å². The zero-order valence-corrected chi connectivity index (χ0v) is 14.4. The molecule has 0 aromatic carbocycles. The van der Waals surface area contributed by atoms with Gasteiger partial charge in [-0.1, -0.05) is 29.8 Å². The molecule has 0 saturated heterocycles. The molecule has 0 bridgehead atoms. The molecule has 0 aliphatic carbocycles. The van der Waals surface area contributed by atoms with Crippen molar-refractivity contribution in [3.05, 3.63) is 57.3 Å². The maximum atomic E-state index is 12.6. The Morgan fingerprint density at radius 2 is 1.96 bits per heavy atom. The Bertz CT molecular complexity index is 1080. The first-order valence-corrected chi connectivity index (χ1v) is 7.71. The van der Waals surface area contributed by atoms with E-state index < -0.39 is 11.5 Å². The fraction of sp³-hybridized carbons (Fsp3) is 0.0625. The molecule has 0 spiro atoms. The molecule has 0 atom stereocenters. The molecule has 3 aromatic heterocycles. The van der Waals surface area contributed by atoms with E-state index in [1.54, 1.807) is 0 Å². The zero-order chi connectivity index (χ0) is 18.1. The van der Waals surface area contributed by atoms with Crippen molar-refractivity contribution >= 4 is 40.3 Å². The van der Waals surface area contributed by atoms with Gasteiger partial charge in [0.15, 0.2) is 11.4 Å². The summed E-state index contributed by atoms with van der Waals surface area (Å²) in [5, 5.41) is 0.139. The molecule has 0 unspecified atom stereocenters. The summed E-state index contributed by atoms with van der Waals surface area (Å²) in [7, 11) is 0. The van der Waals surface area contributed by atoms with Gasteiger partial charge in [-0.2, -0.15) is 0 Å². The van der Waals surface area contributed by atoms with Crippen LogP contribution in [0.3, 0.4) is 0 Å². The van der Waals surface area contributed by atoms with Crippen molar-refractivity contribution < 1.29 is 9.53 Å². The molecule has 9 heteroatoms. The summed E-state index contributed by atoms with van der Waals surface area (Å²) in [5.74, 6) is -0.789. The van der Waals surface area contributed by atoms with Crippen LogP contribution in [-0.2, 0) is 4.79 Å². The van der Waals surface area contributed by atoms with Crippen LogP contribution in [0.5, 0.6) is 5.75 Å². The highest BCUT2D eigenvalue weighted by atomic mass is 35.5. The number of ether oxygens (including phenoxy) is 1. The van der Waals surface area contributed by atoms with Gasteiger partial charge in [-0.3, -0.25) is 4.79 Å². The fourth-order valence-corrected chi connectivity index (χ4v) is 2.55. The molecule has 3 rings (SSSR count). The van der Waals surface area contributed by atoms with E-state index in [0.29, 0.717) is 0 Å². The summed E-state index contributed by atoms with van der Waals surface area (Å²) >= 11 is 11.9. The van der Waals surface area contributed by atoms with E-state index in [1.807, 2.05) is 0 Å². The predicted octanol–water partition coefficient (Wildman–Crippen LogP) is 3.17. The van der Waals surface area contributed by atoms with Crippen LogP contribution < -0.4 is 10.3 Å². The lowest BCUT2D eigenvalue weighted by Crippen LogP contribution is -2.17. The zero-order valence-electron chi connectivity index (χ0n) is 12.8. The van der Waals surface area contributed by atoms with Crippen LogP contribution >= 0.6 is 23.2 Å². The van der Waals surface area contributed by atoms with Gasteiger partial charge in [0.05, 0.1) is 5.56 Å². The lowest BCUT2D eigenvalue weighted by Gasteiger charge is -2.12. The number of halogens is 2. The number of carbonyl (C=O) groups is 1. The fourth-order valence-electron chi connectivity index (χ4n) is 2.11. The molecule has 25 heavy (non-hydrogen) atoms. The number of hydrogen-bond donors (Lipinski definition) is 1. The van der Waals surface area contributed by atoms with E-state index in [2.05, 4.69) is 26.5 Å². The van der Waals surface area contributed by atoms with Crippen molar-refractivity contribution in [2.75, 3.05) is 0 Å². The molecule has 1 N–H and O–H groups in total. The number of fused-ring (bicyclic) bond motifs is 1. The van der Waals surface area contributed by atoms with Gasteiger partial charge in [0.2, 0.25) is 0 Å². The summed E-state index contributed by atoms with van der Waals surface area (Å²) in [4.78, 5) is 39.3. The highest BCUT2D eigenvalue weighted by Gasteiger charge is 2.22. The van der Waals surface area contributed by atoms with Gasteiger partial charge in [0.1, 0.15) is 15.8 Å². The van der Waals surface area contributed by atoms with Crippen molar-refractivity contribution in [3.63, 3.8) is 0 Å². The number of aromatic nitrogens is 4. The van der Waals surface area contributed by atoms with Crippen molar-refractivity contribution in [2.24, 2.45) is 0 Å². The average Bonchev–Trinajstić information content (AvgIpc) is 2.56. The largest absolute Gasteiger partial charge is 0.420 e. The quantitative estimate of drug-likeness (QED) is 0.428. The number of aromatic amines is 1. The Morgan fingerprint density at radius 1 is 1.24 bits per heavy atom. The summed E-state index contributed by atoms with van der Waals surface area (Å²) < 4.78 is 5.36. The minimum absolute atomic E-state index is 0.00299. The highest BCUT2D eigenvalue weighted by molar-refractivity contribution is 6.34. The number of carbonyl (C=O) groups excluding carboxylic acids is 1. The number of nitrogens with one attached hydrogen (secondary N) is 1. The molecule has 0 aliphatic heterocycles. The Balaban J connectivity index is 2.37. The first kappa shape index (κ1) is 17.1. The van der Waals surface area contributed by atoms with Crippen molar-refractivity contribution in [2.45, 2.75) is 6.92 Å². The van der Waals surface area contributed by atoms with Crippen LogP contribution in [0.25, 0.3) is 22.3 Å². The second-order valence-corrected chi connectivity index (χ2v) is 5.80. The van der Waals surface area contributed by atoms with Crippen LogP contribution in [-0.4, -0.2) is 25.9 Å². The molecule has 0 aliphatic rings. The third kappa shape index (κ3) is 3.24. The number of pyridine rings is 2. The maximum absolute atomic E-state index is 12.6. The smallest absolute Gasteiger partial charge is 0.338 e. The second-order valence-electron chi connectivity index (χ2n) is 5.05. The minimum atomic E-state index is -0.711. The Morgan fingerprint density at radius 3 is 2.64 bits per heavy atom. The number of rotatable bonds is 3. The molecule has 126 valence electrons. The predicted molar refractivity (Wildman–Crippen MR) is 93.9 cm³/mol. The number of H-pyrrole nitrogens is 1. The van der Waals surface area contributed by atoms with Crippen molar-refractivity contribution in [1.82, 2.24) is 19.9 Å². The number of esters is 1. The monoisotopic (exact) mass is 376 g/mol. The molecule has 0 fully saturated rings. The second kappa shape index (κ2) is 6.62. The van der Waals surface area contributed by atoms with E-state index in [0.717, 1.165) is 0 Å². The third-order valence-corrected chi connectivity index (χ3v) is 3.73. The molecule has 0 saturated carbocycles. The molecule has 3 aromatic rings. The third-order valence-electron chi connectivity index (χ3n) is 3.23. The molecular formula is C16H10Cl2N4O3. The van der Waals surface area contributed by atoms with Gasteiger partial charge < -0.3 is 9.72 Å². The highest BCUT2D eigenvalue weighted by Crippen LogP contribution is 2.35. The standard InChI is InChI=1S/C16H10Cl2N4O3/c1-7(2)16(24)25-12-10(8-3-4-9(17)21-13(8)18)15(23)22-14-11(12)19-5-6-20-14/h3-6H,1H2,2H3,(H,20,22,23). The van der Waals surface area contributed by atoms with Crippen molar-refractivity contribution in [1.29, 1.82) is 0 Å².